The molecule has 12 heteroatoms. The number of halogens is 2. The van der Waals surface area contributed by atoms with Crippen LogP contribution in [0.25, 0.3) is 0 Å². The summed E-state index contributed by atoms with van der Waals surface area (Å²) in [6, 6.07) is 0. The Hall–Kier alpha value is 0.0800. The van der Waals surface area contributed by atoms with Crippen molar-refractivity contribution in [3.05, 3.63) is 0 Å². The lowest BCUT2D eigenvalue weighted by molar-refractivity contribution is 0.272. The Kier molecular flexibility index (Phi) is 139. The maximum atomic E-state index is 8.88. The molecule has 0 aromatic carbocycles. The molecule has 0 radical (unpaired) electrons. The molecule has 6 N–H and O–H groups in total. The highest BCUT2D eigenvalue weighted by atomic mass is 31.2. The van der Waals surface area contributed by atoms with E-state index in [0.717, 1.165) is 0 Å². The van der Waals surface area contributed by atoms with E-state index in [2.05, 4.69) is 0 Å². The number of hydrogen-bond donors (Lipinski definition) is 6. The summed E-state index contributed by atoms with van der Waals surface area (Å²) in [6.45, 7) is 16.0. The van der Waals surface area contributed by atoms with Gasteiger partial charge in [0.2, 0.25) is 0 Å². The van der Waals surface area contributed by atoms with Crippen molar-refractivity contribution in [1.82, 2.24) is 0 Å². The highest BCUT2D eigenvalue weighted by molar-refractivity contribution is 7.45. The van der Waals surface area contributed by atoms with E-state index in [1.807, 2.05) is 55.4 Å². The molecule has 0 spiro atoms. The van der Waals surface area contributed by atoms with Crippen LogP contribution in [0.3, 0.4) is 0 Å². The zero-order valence-corrected chi connectivity index (χ0v) is 15.0. The summed E-state index contributed by atoms with van der Waals surface area (Å²) in [6.07, 6.45) is 0. The maximum absolute atomic E-state index is 8.88. The van der Waals surface area contributed by atoms with Crippen molar-refractivity contribution >= 4 is 15.6 Å². The molecule has 0 aliphatic carbocycles. The predicted octanol–water partition coefficient (Wildman–Crippen LogP) is 3.19. The van der Waals surface area contributed by atoms with Gasteiger partial charge in [-0.05, 0) is 0 Å². The molecule has 0 aliphatic rings. The van der Waals surface area contributed by atoms with Crippen LogP contribution in [-0.2, 0) is 9.13 Å². The summed E-state index contributed by atoms with van der Waals surface area (Å²) in [5, 5.41) is 0. The van der Waals surface area contributed by atoms with Crippen LogP contribution >= 0.6 is 15.6 Å². The molecular formula is C9H36F2O8P2. The van der Waals surface area contributed by atoms with Gasteiger partial charge in [0.1, 0.15) is 0 Å². The molecule has 8 nitrogen and oxygen atoms in total. The van der Waals surface area contributed by atoms with E-state index < -0.39 is 15.6 Å². The Morgan fingerprint density at radius 3 is 0.476 bits per heavy atom. The molecule has 0 atom stereocenters. The molecule has 0 aromatic heterocycles. The Morgan fingerprint density at radius 2 is 0.476 bits per heavy atom. The summed E-state index contributed by atoms with van der Waals surface area (Å²) >= 11 is 0. The topological polar surface area (TPSA) is 156 Å². The van der Waals surface area contributed by atoms with Gasteiger partial charge in [-0.3, -0.25) is 9.41 Å². The number of phosphoric acid groups is 2. The minimum Gasteiger partial charge on any atom is -0.303 e. The van der Waals surface area contributed by atoms with E-state index in [4.69, 9.17) is 38.5 Å². The molecule has 144 valence electrons. The minimum atomic E-state index is -4.64. The Balaban J connectivity index is -0.0000000122. The van der Waals surface area contributed by atoms with Crippen molar-refractivity contribution in [3.8, 4) is 0 Å². The fourth-order valence-corrected chi connectivity index (χ4v) is 0. The van der Waals surface area contributed by atoms with Gasteiger partial charge in [-0.15, -0.1) is 0 Å². The van der Waals surface area contributed by atoms with Crippen LogP contribution in [0.2, 0.25) is 0 Å². The van der Waals surface area contributed by atoms with Gasteiger partial charge in [0.15, 0.2) is 0 Å². The van der Waals surface area contributed by atoms with Gasteiger partial charge in [-0.2, -0.15) is 0 Å². The second kappa shape index (κ2) is 50.1. The maximum Gasteiger partial charge on any atom is 0.466 e. The second-order valence-electron chi connectivity index (χ2n) is 1.03. The van der Waals surface area contributed by atoms with Gasteiger partial charge in [0.25, 0.3) is 0 Å². The fraction of sp³-hybridized carbons (Fsp3) is 1.00. The van der Waals surface area contributed by atoms with Crippen LogP contribution in [0, 0.1) is 0 Å². The normalized spacial score (nSPS) is 6.76. The summed E-state index contributed by atoms with van der Waals surface area (Å²) in [5.41, 5.74) is 0. The highest BCUT2D eigenvalue weighted by Crippen LogP contribution is 2.26. The molecule has 0 aliphatic heterocycles. The smallest absolute Gasteiger partial charge is 0.303 e. The molecular weight excluding hydrogens is 336 g/mol. The van der Waals surface area contributed by atoms with Crippen LogP contribution in [-0.4, -0.2) is 29.4 Å². The van der Waals surface area contributed by atoms with Crippen molar-refractivity contribution in [3.63, 3.8) is 0 Å². The second-order valence-corrected chi connectivity index (χ2v) is 3.08. The molecule has 0 heterocycles. The molecule has 21 heavy (non-hydrogen) atoms. The van der Waals surface area contributed by atoms with Crippen LogP contribution in [0.5, 0.6) is 0 Å². The average molecular weight is 372 g/mol. The van der Waals surface area contributed by atoms with Crippen molar-refractivity contribution in [2.45, 2.75) is 62.8 Å². The van der Waals surface area contributed by atoms with Crippen molar-refractivity contribution in [2.24, 2.45) is 0 Å². The molecule has 0 rings (SSSR count). The molecule has 0 amide bonds. The third-order valence-electron chi connectivity index (χ3n) is 0. The van der Waals surface area contributed by atoms with Crippen molar-refractivity contribution in [2.75, 3.05) is 0 Å². The number of hydrogen-bond acceptors (Lipinski definition) is 2. The first-order valence-corrected chi connectivity index (χ1v) is 8.70. The van der Waals surface area contributed by atoms with Crippen LogP contribution in [0.4, 0.5) is 9.41 Å². The summed E-state index contributed by atoms with van der Waals surface area (Å²) in [5.74, 6) is 0. The van der Waals surface area contributed by atoms with Crippen molar-refractivity contribution < 1.29 is 47.9 Å². The van der Waals surface area contributed by atoms with Gasteiger partial charge in [-0.25, -0.2) is 9.13 Å². The zero-order valence-electron chi connectivity index (χ0n) is 13.2. The van der Waals surface area contributed by atoms with Gasteiger partial charge >= 0.3 is 15.6 Å². The number of rotatable bonds is 0. The Bertz CT molecular complexity index is 148. The van der Waals surface area contributed by atoms with Crippen LogP contribution in [0.15, 0.2) is 0 Å². The monoisotopic (exact) mass is 372 g/mol. The van der Waals surface area contributed by atoms with Gasteiger partial charge in [-0.1, -0.05) is 62.8 Å². The summed E-state index contributed by atoms with van der Waals surface area (Å²) in [7, 11) is -9.28. The third kappa shape index (κ3) is 1030000. The lowest BCUT2D eigenvalue weighted by Crippen LogP contribution is -1.66. The van der Waals surface area contributed by atoms with E-state index in [0.29, 0.717) is 0 Å². The van der Waals surface area contributed by atoms with E-state index in [1.165, 1.54) is 0 Å². The van der Waals surface area contributed by atoms with Gasteiger partial charge in [0, 0.05) is 0 Å². The largest absolute Gasteiger partial charge is 0.466 e. The minimum absolute atomic E-state index is 0. The first-order chi connectivity index (χ1) is 8.00. The van der Waals surface area contributed by atoms with E-state index in [1.54, 1.807) is 0 Å². The summed E-state index contributed by atoms with van der Waals surface area (Å²) < 4.78 is 17.8. The van der Waals surface area contributed by atoms with Crippen LogP contribution < -0.4 is 0 Å². The molecule has 0 saturated heterocycles. The fourth-order valence-electron chi connectivity index (χ4n) is 0. The van der Waals surface area contributed by atoms with Crippen molar-refractivity contribution in [1.29, 1.82) is 0 Å². The first-order valence-electron chi connectivity index (χ1n) is 5.57. The van der Waals surface area contributed by atoms with E-state index in [9.17, 15) is 0 Å². The highest BCUT2D eigenvalue weighted by Gasteiger charge is 2.00. The first kappa shape index (κ1) is 58.2. The average Bonchev–Trinajstić information content (AvgIpc) is 2.24. The van der Waals surface area contributed by atoms with Gasteiger partial charge in [0.05, 0.1) is 0 Å². The quantitative estimate of drug-likeness (QED) is 0.354. The standard InChI is InChI=1S/4C2H6.CH4.2FH.2H3O4P/c4*1-2;;;;2*1-5(2,3)4/h4*1-2H3;1H4;2*1H;2*(H3,1,2,3,4). The predicted molar refractivity (Wildman–Crippen MR) is 85.7 cm³/mol. The van der Waals surface area contributed by atoms with Crippen LogP contribution in [0.1, 0.15) is 62.8 Å². The van der Waals surface area contributed by atoms with E-state index in [-0.39, 0.29) is 16.8 Å². The SMILES string of the molecule is C.CC.CC.CC.CC.F.F.O=P(O)(O)O.O=P(O)(O)O. The summed E-state index contributed by atoms with van der Waals surface area (Å²) in [4.78, 5) is 43.1. The molecule has 0 unspecified atom stereocenters. The molecule has 0 saturated carbocycles. The lowest BCUT2D eigenvalue weighted by Gasteiger charge is -1.82. The molecule has 0 aromatic rings. The Labute approximate surface area is 127 Å². The zero-order chi connectivity index (χ0) is 17.0. The third-order valence-corrected chi connectivity index (χ3v) is 0. The molecule has 0 bridgehead atoms. The Morgan fingerprint density at radius 1 is 0.476 bits per heavy atom. The van der Waals surface area contributed by atoms with Gasteiger partial charge < -0.3 is 29.4 Å². The lowest BCUT2D eigenvalue weighted by atomic mass is 11.0. The van der Waals surface area contributed by atoms with E-state index >= 15 is 0 Å². The molecule has 0 fully saturated rings.